The smallest absolute Gasteiger partial charge is 0.407 e. The Morgan fingerprint density at radius 2 is 2.04 bits per heavy atom. The fourth-order valence-corrected chi connectivity index (χ4v) is 2.98. The molecule has 0 aromatic carbocycles. The SMILES string of the molecule is CCCN1CCCC(NCCC(C)NC(=O)OC(C)(C)C)CC1. The van der Waals surface area contributed by atoms with Crippen molar-refractivity contribution in [2.24, 2.45) is 0 Å². The third-order valence-electron chi connectivity index (χ3n) is 4.13. The highest BCUT2D eigenvalue weighted by molar-refractivity contribution is 5.67. The third kappa shape index (κ3) is 9.82. The van der Waals surface area contributed by atoms with Gasteiger partial charge in [-0.3, -0.25) is 0 Å². The Kier molecular flexibility index (Phi) is 8.92. The van der Waals surface area contributed by atoms with Crippen molar-refractivity contribution >= 4 is 6.09 Å². The summed E-state index contributed by atoms with van der Waals surface area (Å²) in [5.41, 5.74) is -0.438. The van der Waals surface area contributed by atoms with Crippen LogP contribution in [0.3, 0.4) is 0 Å². The maximum Gasteiger partial charge on any atom is 0.407 e. The number of likely N-dealkylation sites (tertiary alicyclic amines) is 1. The second kappa shape index (κ2) is 10.1. The number of amides is 1. The van der Waals surface area contributed by atoms with Crippen molar-refractivity contribution in [3.05, 3.63) is 0 Å². The predicted octanol–water partition coefficient (Wildman–Crippen LogP) is 3.14. The second-order valence-corrected chi connectivity index (χ2v) is 7.76. The van der Waals surface area contributed by atoms with Gasteiger partial charge < -0.3 is 20.3 Å². The van der Waals surface area contributed by atoms with E-state index in [1.54, 1.807) is 0 Å². The molecule has 2 atom stereocenters. The van der Waals surface area contributed by atoms with Crippen LogP contribution < -0.4 is 10.6 Å². The molecule has 0 bridgehead atoms. The minimum atomic E-state index is -0.438. The Morgan fingerprint density at radius 1 is 1.30 bits per heavy atom. The molecule has 1 heterocycles. The number of alkyl carbamates (subject to hydrolysis) is 1. The zero-order valence-electron chi connectivity index (χ0n) is 15.8. The summed E-state index contributed by atoms with van der Waals surface area (Å²) in [5.74, 6) is 0. The maximum atomic E-state index is 11.7. The molecule has 0 saturated carbocycles. The first-order valence-electron chi connectivity index (χ1n) is 9.25. The lowest BCUT2D eigenvalue weighted by atomic mass is 10.1. The molecule has 1 aliphatic rings. The van der Waals surface area contributed by atoms with E-state index in [9.17, 15) is 4.79 Å². The van der Waals surface area contributed by atoms with Gasteiger partial charge in [-0.15, -0.1) is 0 Å². The van der Waals surface area contributed by atoms with Crippen LogP contribution in [0.5, 0.6) is 0 Å². The number of hydrogen-bond donors (Lipinski definition) is 2. The monoisotopic (exact) mass is 327 g/mol. The van der Waals surface area contributed by atoms with E-state index in [0.717, 1.165) is 13.0 Å². The molecule has 1 aliphatic heterocycles. The van der Waals surface area contributed by atoms with E-state index in [4.69, 9.17) is 4.74 Å². The number of carbonyl (C=O) groups excluding carboxylic acids is 1. The molecule has 23 heavy (non-hydrogen) atoms. The van der Waals surface area contributed by atoms with Crippen molar-refractivity contribution < 1.29 is 9.53 Å². The van der Waals surface area contributed by atoms with E-state index in [1.807, 2.05) is 27.7 Å². The van der Waals surface area contributed by atoms with Gasteiger partial charge in [0, 0.05) is 12.1 Å². The summed E-state index contributed by atoms with van der Waals surface area (Å²) < 4.78 is 5.28. The third-order valence-corrected chi connectivity index (χ3v) is 4.13. The van der Waals surface area contributed by atoms with Gasteiger partial charge in [0.15, 0.2) is 0 Å². The van der Waals surface area contributed by atoms with Crippen LogP contribution in [0.15, 0.2) is 0 Å². The molecule has 0 aromatic rings. The van der Waals surface area contributed by atoms with Crippen LogP contribution in [-0.4, -0.2) is 54.9 Å². The fraction of sp³-hybridized carbons (Fsp3) is 0.944. The van der Waals surface area contributed by atoms with Crippen molar-refractivity contribution in [1.82, 2.24) is 15.5 Å². The molecule has 1 saturated heterocycles. The van der Waals surface area contributed by atoms with Crippen molar-refractivity contribution in [1.29, 1.82) is 0 Å². The molecule has 1 fully saturated rings. The van der Waals surface area contributed by atoms with Crippen LogP contribution in [-0.2, 0) is 4.74 Å². The van der Waals surface area contributed by atoms with Gasteiger partial charge in [-0.05, 0) is 86.0 Å². The Bertz CT molecular complexity index is 342. The molecule has 5 nitrogen and oxygen atoms in total. The Balaban J connectivity index is 2.17. The molecule has 0 radical (unpaired) electrons. The molecular formula is C18H37N3O2. The Morgan fingerprint density at radius 3 is 2.70 bits per heavy atom. The normalized spacial score (nSPS) is 21.5. The van der Waals surface area contributed by atoms with Crippen LogP contribution in [0, 0.1) is 0 Å². The largest absolute Gasteiger partial charge is 0.444 e. The second-order valence-electron chi connectivity index (χ2n) is 7.76. The van der Waals surface area contributed by atoms with Crippen LogP contribution in [0.1, 0.15) is 66.7 Å². The fourth-order valence-electron chi connectivity index (χ4n) is 2.98. The van der Waals surface area contributed by atoms with E-state index in [-0.39, 0.29) is 12.1 Å². The van der Waals surface area contributed by atoms with Gasteiger partial charge in [0.2, 0.25) is 0 Å². The average molecular weight is 328 g/mol. The highest BCUT2D eigenvalue weighted by atomic mass is 16.6. The Labute approximate surface area is 142 Å². The van der Waals surface area contributed by atoms with Gasteiger partial charge >= 0.3 is 6.09 Å². The Hall–Kier alpha value is -0.810. The summed E-state index contributed by atoms with van der Waals surface area (Å²) in [6.07, 6.45) is 5.61. The summed E-state index contributed by atoms with van der Waals surface area (Å²) in [6.45, 7) is 14.5. The van der Waals surface area contributed by atoms with Gasteiger partial charge in [0.25, 0.3) is 0 Å². The lowest BCUT2D eigenvalue weighted by Crippen LogP contribution is -2.40. The van der Waals surface area contributed by atoms with E-state index in [1.165, 1.54) is 45.3 Å². The van der Waals surface area contributed by atoms with E-state index < -0.39 is 5.60 Å². The summed E-state index contributed by atoms with van der Waals surface area (Å²) in [5, 5.41) is 6.56. The first kappa shape index (κ1) is 20.2. The zero-order valence-corrected chi connectivity index (χ0v) is 15.8. The van der Waals surface area contributed by atoms with Crippen molar-refractivity contribution in [3.63, 3.8) is 0 Å². The van der Waals surface area contributed by atoms with Crippen molar-refractivity contribution in [3.8, 4) is 0 Å². The van der Waals surface area contributed by atoms with E-state index in [0.29, 0.717) is 6.04 Å². The van der Waals surface area contributed by atoms with Crippen LogP contribution in [0.4, 0.5) is 4.79 Å². The number of rotatable bonds is 7. The van der Waals surface area contributed by atoms with Crippen molar-refractivity contribution in [2.75, 3.05) is 26.2 Å². The summed E-state index contributed by atoms with van der Waals surface area (Å²) in [7, 11) is 0. The highest BCUT2D eigenvalue weighted by Gasteiger charge is 2.18. The number of nitrogens with one attached hydrogen (secondary N) is 2. The van der Waals surface area contributed by atoms with Gasteiger partial charge in [0.1, 0.15) is 5.60 Å². The number of hydrogen-bond acceptors (Lipinski definition) is 4. The molecular weight excluding hydrogens is 290 g/mol. The molecule has 1 rings (SSSR count). The molecule has 2 unspecified atom stereocenters. The summed E-state index contributed by atoms with van der Waals surface area (Å²) in [4.78, 5) is 14.3. The number of carbonyl (C=O) groups is 1. The standard InChI is InChI=1S/C18H37N3O2/c1-6-12-21-13-7-8-16(10-14-21)19-11-9-15(2)20-17(22)23-18(3,4)5/h15-16,19H,6-14H2,1-5H3,(H,20,22). The van der Waals surface area contributed by atoms with Gasteiger partial charge in [-0.1, -0.05) is 6.92 Å². The molecule has 136 valence electrons. The minimum absolute atomic E-state index is 0.125. The maximum absolute atomic E-state index is 11.7. The number of nitrogens with zero attached hydrogens (tertiary/aromatic N) is 1. The van der Waals surface area contributed by atoms with Gasteiger partial charge in [-0.25, -0.2) is 4.79 Å². The molecule has 2 N–H and O–H groups in total. The molecule has 0 aromatic heterocycles. The highest BCUT2D eigenvalue weighted by Crippen LogP contribution is 2.11. The van der Waals surface area contributed by atoms with Crippen LogP contribution in [0.25, 0.3) is 0 Å². The van der Waals surface area contributed by atoms with Gasteiger partial charge in [0.05, 0.1) is 0 Å². The van der Waals surface area contributed by atoms with Crippen LogP contribution >= 0.6 is 0 Å². The first-order chi connectivity index (χ1) is 10.8. The molecule has 0 spiro atoms. The first-order valence-corrected chi connectivity index (χ1v) is 9.25. The molecule has 0 aliphatic carbocycles. The van der Waals surface area contributed by atoms with E-state index >= 15 is 0 Å². The quantitative estimate of drug-likeness (QED) is 0.754. The zero-order chi connectivity index (χ0) is 17.3. The average Bonchev–Trinajstić information content (AvgIpc) is 2.62. The number of ether oxygens (including phenoxy) is 1. The lowest BCUT2D eigenvalue weighted by Gasteiger charge is -2.23. The van der Waals surface area contributed by atoms with Crippen LogP contribution in [0.2, 0.25) is 0 Å². The summed E-state index contributed by atoms with van der Waals surface area (Å²) >= 11 is 0. The predicted molar refractivity (Wildman–Crippen MR) is 95.8 cm³/mol. The van der Waals surface area contributed by atoms with E-state index in [2.05, 4.69) is 22.5 Å². The van der Waals surface area contributed by atoms with Crippen molar-refractivity contribution in [2.45, 2.75) is 84.4 Å². The minimum Gasteiger partial charge on any atom is -0.444 e. The summed E-state index contributed by atoms with van der Waals surface area (Å²) in [6, 6.07) is 0.741. The lowest BCUT2D eigenvalue weighted by molar-refractivity contribution is 0.0506. The molecule has 1 amide bonds. The topological polar surface area (TPSA) is 53.6 Å². The van der Waals surface area contributed by atoms with Gasteiger partial charge in [-0.2, -0.15) is 0 Å². The molecule has 5 heteroatoms.